The number of fused-ring (bicyclic) bond motifs is 3. The fourth-order valence-electron chi connectivity index (χ4n) is 4.74. The van der Waals surface area contributed by atoms with Crippen LogP contribution in [0, 0.1) is 23.7 Å². The smallest absolute Gasteiger partial charge is 0.335 e. The molecule has 1 aromatic carbocycles. The third-order valence-corrected chi connectivity index (χ3v) is 5.91. The lowest BCUT2D eigenvalue weighted by atomic mass is 9.66. The Hall–Kier alpha value is -1.83. The molecule has 0 spiro atoms. The van der Waals surface area contributed by atoms with Crippen LogP contribution in [-0.2, 0) is 5.41 Å². The zero-order chi connectivity index (χ0) is 15.2. The number of halogens is 1. The molecule has 0 amide bonds. The summed E-state index contributed by atoms with van der Waals surface area (Å²) in [5.74, 6) is 2.11. The summed E-state index contributed by atoms with van der Waals surface area (Å²) in [4.78, 5) is 0. The quantitative estimate of drug-likeness (QED) is 0.730. The van der Waals surface area contributed by atoms with Crippen LogP contribution in [0.25, 0.3) is 0 Å². The summed E-state index contributed by atoms with van der Waals surface area (Å²) in [6.07, 6.45) is 18.2. The van der Waals surface area contributed by atoms with E-state index in [9.17, 15) is 4.32 Å². The first-order chi connectivity index (χ1) is 10.7. The predicted molar refractivity (Wildman–Crippen MR) is 92.2 cm³/mol. The lowest BCUT2D eigenvalue weighted by Gasteiger charge is -2.37. The highest BCUT2D eigenvalue weighted by Crippen LogP contribution is 2.58. The highest BCUT2D eigenvalue weighted by Gasteiger charge is 2.55. The summed E-state index contributed by atoms with van der Waals surface area (Å²) in [7, 11) is -0.389. The standard InChI is InChI=1S/C20H20BF/c1-20(14-10-12-15(21-22)13-11-14)18-8-4-2-6-16(18)17-7-3-5-9-19(17)20/h2-13,16-19,21H,1H3. The molecular formula is C20H20BF. The van der Waals surface area contributed by atoms with Gasteiger partial charge in [-0.2, -0.15) is 0 Å². The van der Waals surface area contributed by atoms with Crippen molar-refractivity contribution in [1.82, 2.24) is 0 Å². The molecule has 3 aliphatic carbocycles. The first kappa shape index (κ1) is 13.8. The van der Waals surface area contributed by atoms with Crippen molar-refractivity contribution in [2.45, 2.75) is 12.3 Å². The summed E-state index contributed by atoms with van der Waals surface area (Å²) >= 11 is 0. The Kier molecular flexibility index (Phi) is 3.21. The minimum atomic E-state index is -0.389. The molecule has 0 radical (unpaired) electrons. The lowest BCUT2D eigenvalue weighted by molar-refractivity contribution is 0.328. The Labute approximate surface area is 132 Å². The third-order valence-electron chi connectivity index (χ3n) is 5.91. The zero-order valence-electron chi connectivity index (χ0n) is 12.8. The van der Waals surface area contributed by atoms with Gasteiger partial charge in [0.15, 0.2) is 0 Å². The lowest BCUT2D eigenvalue weighted by Crippen LogP contribution is -2.34. The Balaban J connectivity index is 1.83. The molecular weight excluding hydrogens is 270 g/mol. The summed E-state index contributed by atoms with van der Waals surface area (Å²) in [6.45, 7) is 2.38. The van der Waals surface area contributed by atoms with Gasteiger partial charge in [0.05, 0.1) is 0 Å². The highest BCUT2D eigenvalue weighted by atomic mass is 19.1. The van der Waals surface area contributed by atoms with Crippen molar-refractivity contribution >= 4 is 13.0 Å². The van der Waals surface area contributed by atoms with Crippen LogP contribution in [-0.4, -0.2) is 7.56 Å². The molecule has 1 fully saturated rings. The number of rotatable bonds is 2. The molecule has 4 unspecified atom stereocenters. The minimum absolute atomic E-state index is 0.0622. The summed E-state index contributed by atoms with van der Waals surface area (Å²) in [5, 5.41) is 0. The fraction of sp³-hybridized carbons (Fsp3) is 0.300. The molecule has 0 N–H and O–H groups in total. The molecule has 0 aliphatic heterocycles. The van der Waals surface area contributed by atoms with Crippen LogP contribution in [0.4, 0.5) is 4.32 Å². The van der Waals surface area contributed by atoms with Gasteiger partial charge in [0.1, 0.15) is 0 Å². The van der Waals surface area contributed by atoms with E-state index in [2.05, 4.69) is 67.7 Å². The van der Waals surface area contributed by atoms with Crippen molar-refractivity contribution < 1.29 is 4.32 Å². The highest BCUT2D eigenvalue weighted by molar-refractivity contribution is 6.46. The molecule has 1 aromatic rings. The fourth-order valence-corrected chi connectivity index (χ4v) is 4.74. The van der Waals surface area contributed by atoms with E-state index >= 15 is 0 Å². The molecule has 4 rings (SSSR count). The van der Waals surface area contributed by atoms with Gasteiger partial charge in [-0.3, -0.25) is 0 Å². The van der Waals surface area contributed by atoms with Gasteiger partial charge in [0.2, 0.25) is 0 Å². The molecule has 4 atom stereocenters. The maximum absolute atomic E-state index is 12.8. The zero-order valence-corrected chi connectivity index (χ0v) is 12.8. The Bertz CT molecular complexity index is 646. The van der Waals surface area contributed by atoms with Crippen LogP contribution in [0.1, 0.15) is 12.5 Å². The van der Waals surface area contributed by atoms with E-state index in [-0.39, 0.29) is 13.0 Å². The molecule has 2 heteroatoms. The van der Waals surface area contributed by atoms with Crippen molar-refractivity contribution in [2.24, 2.45) is 23.7 Å². The summed E-state index contributed by atoms with van der Waals surface area (Å²) in [5.41, 5.74) is 2.15. The predicted octanol–water partition coefficient (Wildman–Crippen LogP) is 3.62. The molecule has 0 aromatic heterocycles. The van der Waals surface area contributed by atoms with E-state index in [0.29, 0.717) is 23.7 Å². The third kappa shape index (κ3) is 1.83. The van der Waals surface area contributed by atoms with Gasteiger partial charge in [-0.25, -0.2) is 0 Å². The van der Waals surface area contributed by atoms with E-state index in [1.165, 1.54) is 5.56 Å². The second kappa shape index (κ2) is 5.12. The number of hydrogen-bond donors (Lipinski definition) is 0. The summed E-state index contributed by atoms with van der Waals surface area (Å²) in [6, 6.07) is 8.14. The van der Waals surface area contributed by atoms with Crippen molar-refractivity contribution in [1.29, 1.82) is 0 Å². The normalized spacial score (nSPS) is 37.9. The van der Waals surface area contributed by atoms with Gasteiger partial charge in [-0.1, -0.05) is 79.8 Å². The van der Waals surface area contributed by atoms with Crippen LogP contribution >= 0.6 is 0 Å². The van der Waals surface area contributed by atoms with Gasteiger partial charge in [-0.15, -0.1) is 0 Å². The molecule has 0 saturated heterocycles. The van der Waals surface area contributed by atoms with Crippen LogP contribution < -0.4 is 5.46 Å². The van der Waals surface area contributed by atoms with E-state index in [0.717, 1.165) is 5.46 Å². The monoisotopic (exact) mass is 290 g/mol. The average molecular weight is 290 g/mol. The SMILES string of the molecule is CC1(c2ccc(BF)cc2)C2C=CC=CC2C2C=CC=CC21. The maximum Gasteiger partial charge on any atom is 0.364 e. The molecule has 0 bridgehead atoms. The molecule has 0 heterocycles. The molecule has 22 heavy (non-hydrogen) atoms. The van der Waals surface area contributed by atoms with E-state index < -0.39 is 0 Å². The largest absolute Gasteiger partial charge is 0.364 e. The van der Waals surface area contributed by atoms with Gasteiger partial charge < -0.3 is 4.32 Å². The Morgan fingerprint density at radius 2 is 1.32 bits per heavy atom. The first-order valence-corrected chi connectivity index (χ1v) is 8.10. The molecule has 3 aliphatic rings. The van der Waals surface area contributed by atoms with Crippen LogP contribution in [0.2, 0.25) is 0 Å². The van der Waals surface area contributed by atoms with E-state index in [4.69, 9.17) is 0 Å². The minimum Gasteiger partial charge on any atom is -0.335 e. The van der Waals surface area contributed by atoms with Gasteiger partial charge in [-0.05, 0) is 34.7 Å². The van der Waals surface area contributed by atoms with Crippen molar-refractivity contribution in [3.63, 3.8) is 0 Å². The van der Waals surface area contributed by atoms with Gasteiger partial charge in [0, 0.05) is 5.41 Å². The number of hydrogen-bond acceptors (Lipinski definition) is 0. The first-order valence-electron chi connectivity index (χ1n) is 8.10. The average Bonchev–Trinajstić information content (AvgIpc) is 2.86. The van der Waals surface area contributed by atoms with Crippen molar-refractivity contribution in [3.05, 3.63) is 78.4 Å². The molecule has 1 saturated carbocycles. The summed E-state index contributed by atoms with van der Waals surface area (Å²) < 4.78 is 12.8. The number of allylic oxidation sites excluding steroid dienone is 8. The topological polar surface area (TPSA) is 0 Å². The van der Waals surface area contributed by atoms with Crippen LogP contribution in [0.15, 0.2) is 72.9 Å². The Morgan fingerprint density at radius 3 is 1.82 bits per heavy atom. The molecule has 110 valence electrons. The van der Waals surface area contributed by atoms with Crippen molar-refractivity contribution in [3.8, 4) is 0 Å². The second-order valence-electron chi connectivity index (χ2n) is 6.86. The van der Waals surface area contributed by atoms with E-state index in [1.807, 2.05) is 12.1 Å². The number of benzene rings is 1. The Morgan fingerprint density at radius 1 is 0.818 bits per heavy atom. The molecule has 0 nitrogen and oxygen atoms in total. The second-order valence-corrected chi connectivity index (χ2v) is 6.86. The maximum atomic E-state index is 12.8. The van der Waals surface area contributed by atoms with Crippen LogP contribution in [0.5, 0.6) is 0 Å². The van der Waals surface area contributed by atoms with E-state index in [1.54, 1.807) is 0 Å². The van der Waals surface area contributed by atoms with Crippen molar-refractivity contribution in [2.75, 3.05) is 0 Å². The van der Waals surface area contributed by atoms with Gasteiger partial charge >= 0.3 is 7.56 Å². The van der Waals surface area contributed by atoms with Crippen LogP contribution in [0.3, 0.4) is 0 Å². The van der Waals surface area contributed by atoms with Gasteiger partial charge in [0.25, 0.3) is 0 Å².